The number of benzene rings is 1. The van der Waals surface area contributed by atoms with Crippen LogP contribution in [0.5, 0.6) is 5.75 Å². The summed E-state index contributed by atoms with van der Waals surface area (Å²) in [7, 11) is 1.62. The van der Waals surface area contributed by atoms with Gasteiger partial charge in [-0.15, -0.1) is 0 Å². The number of nitrogens with zero attached hydrogens (tertiary/aromatic N) is 2. The second-order valence-corrected chi connectivity index (χ2v) is 4.08. The molecule has 0 aliphatic rings. The van der Waals surface area contributed by atoms with Crippen molar-refractivity contribution in [1.82, 2.24) is 10.1 Å². The fraction of sp³-hybridized carbons (Fsp3) is 0.385. The highest BCUT2D eigenvalue weighted by Crippen LogP contribution is 2.23. The summed E-state index contributed by atoms with van der Waals surface area (Å²) >= 11 is 0. The minimum atomic E-state index is -0.193. The van der Waals surface area contributed by atoms with Crippen LogP contribution in [0.25, 0.3) is 11.4 Å². The summed E-state index contributed by atoms with van der Waals surface area (Å²) in [6.07, 6.45) is 1.82. The van der Waals surface area contributed by atoms with Crippen LogP contribution in [-0.4, -0.2) is 17.3 Å². The van der Waals surface area contributed by atoms with Crippen molar-refractivity contribution in [2.75, 3.05) is 7.11 Å². The summed E-state index contributed by atoms with van der Waals surface area (Å²) in [5.41, 5.74) is 6.79. The van der Waals surface area contributed by atoms with Crippen molar-refractivity contribution in [3.05, 3.63) is 30.2 Å². The van der Waals surface area contributed by atoms with Crippen LogP contribution in [0.1, 0.15) is 31.7 Å². The third-order valence-corrected chi connectivity index (χ3v) is 2.69. The number of ether oxygens (including phenoxy) is 1. The Morgan fingerprint density at radius 3 is 3.00 bits per heavy atom. The standard InChI is InChI=1S/C13H17N3O2/c1-3-5-11(14)13-15-12(16-18-13)9-6-4-7-10(8-9)17-2/h4,6-8,11H,3,5,14H2,1-2H3/t11-/m0/s1. The molecule has 0 aliphatic carbocycles. The predicted octanol–water partition coefficient (Wildman–Crippen LogP) is 2.55. The summed E-state index contributed by atoms with van der Waals surface area (Å²) in [5.74, 6) is 1.78. The van der Waals surface area contributed by atoms with Crippen LogP contribution in [0, 0.1) is 0 Å². The Hall–Kier alpha value is -1.88. The Kier molecular flexibility index (Phi) is 3.94. The van der Waals surface area contributed by atoms with Gasteiger partial charge in [0.15, 0.2) is 0 Å². The normalized spacial score (nSPS) is 12.4. The van der Waals surface area contributed by atoms with Gasteiger partial charge < -0.3 is 15.0 Å². The molecule has 0 saturated heterocycles. The van der Waals surface area contributed by atoms with Crippen molar-refractivity contribution >= 4 is 0 Å². The molecule has 5 heteroatoms. The molecule has 2 rings (SSSR count). The minimum absolute atomic E-state index is 0.193. The predicted molar refractivity (Wildman–Crippen MR) is 68.1 cm³/mol. The molecule has 0 saturated carbocycles. The number of rotatable bonds is 5. The lowest BCUT2D eigenvalue weighted by Gasteiger charge is -2.02. The molecule has 1 aromatic carbocycles. The van der Waals surface area contributed by atoms with E-state index in [-0.39, 0.29) is 6.04 Å². The van der Waals surface area contributed by atoms with E-state index in [0.717, 1.165) is 24.2 Å². The van der Waals surface area contributed by atoms with E-state index in [2.05, 4.69) is 17.1 Å². The number of nitrogens with two attached hydrogens (primary N) is 1. The van der Waals surface area contributed by atoms with Crippen LogP contribution >= 0.6 is 0 Å². The Balaban J connectivity index is 2.23. The molecule has 0 fully saturated rings. The number of hydrogen-bond acceptors (Lipinski definition) is 5. The molecule has 1 heterocycles. The molecule has 0 unspecified atom stereocenters. The van der Waals surface area contributed by atoms with Gasteiger partial charge in [0.25, 0.3) is 0 Å². The summed E-state index contributed by atoms with van der Waals surface area (Å²) in [6.45, 7) is 2.07. The van der Waals surface area contributed by atoms with E-state index in [1.807, 2.05) is 24.3 Å². The molecule has 0 amide bonds. The molecule has 1 aromatic heterocycles. The molecule has 18 heavy (non-hydrogen) atoms. The van der Waals surface area contributed by atoms with Gasteiger partial charge in [-0.3, -0.25) is 0 Å². The summed E-state index contributed by atoms with van der Waals surface area (Å²) in [6, 6.07) is 7.33. The Labute approximate surface area is 106 Å². The molecule has 0 aliphatic heterocycles. The number of hydrogen-bond donors (Lipinski definition) is 1. The molecule has 96 valence electrons. The van der Waals surface area contributed by atoms with E-state index in [0.29, 0.717) is 11.7 Å². The molecule has 1 atom stereocenters. The van der Waals surface area contributed by atoms with Crippen LogP contribution in [0.15, 0.2) is 28.8 Å². The Morgan fingerprint density at radius 2 is 2.28 bits per heavy atom. The van der Waals surface area contributed by atoms with Gasteiger partial charge in [0, 0.05) is 5.56 Å². The molecule has 0 spiro atoms. The summed E-state index contributed by atoms with van der Waals surface area (Å²) < 4.78 is 10.3. The maximum atomic E-state index is 5.93. The molecular weight excluding hydrogens is 230 g/mol. The Morgan fingerprint density at radius 1 is 1.44 bits per heavy atom. The lowest BCUT2D eigenvalue weighted by atomic mass is 10.2. The van der Waals surface area contributed by atoms with E-state index in [9.17, 15) is 0 Å². The first-order valence-electron chi connectivity index (χ1n) is 5.98. The zero-order chi connectivity index (χ0) is 13.0. The van der Waals surface area contributed by atoms with E-state index in [1.165, 1.54) is 0 Å². The van der Waals surface area contributed by atoms with E-state index < -0.39 is 0 Å². The molecule has 0 bridgehead atoms. The second-order valence-electron chi connectivity index (χ2n) is 4.08. The van der Waals surface area contributed by atoms with Crippen LogP contribution in [0.3, 0.4) is 0 Å². The van der Waals surface area contributed by atoms with Crippen LogP contribution in [0.4, 0.5) is 0 Å². The maximum absolute atomic E-state index is 5.93. The highest BCUT2D eigenvalue weighted by atomic mass is 16.5. The quantitative estimate of drug-likeness (QED) is 0.878. The largest absolute Gasteiger partial charge is 0.497 e. The second kappa shape index (κ2) is 5.64. The topological polar surface area (TPSA) is 74.2 Å². The highest BCUT2D eigenvalue weighted by molar-refractivity contribution is 5.56. The third-order valence-electron chi connectivity index (χ3n) is 2.69. The lowest BCUT2D eigenvalue weighted by molar-refractivity contribution is 0.348. The number of aromatic nitrogens is 2. The fourth-order valence-corrected chi connectivity index (χ4v) is 1.70. The molecule has 0 radical (unpaired) electrons. The smallest absolute Gasteiger partial charge is 0.243 e. The van der Waals surface area contributed by atoms with Crippen molar-refractivity contribution in [3.8, 4) is 17.1 Å². The molecular formula is C13H17N3O2. The van der Waals surface area contributed by atoms with Gasteiger partial charge >= 0.3 is 0 Å². The van der Waals surface area contributed by atoms with Crippen molar-refractivity contribution in [2.24, 2.45) is 5.73 Å². The zero-order valence-corrected chi connectivity index (χ0v) is 10.6. The van der Waals surface area contributed by atoms with Crippen LogP contribution in [0.2, 0.25) is 0 Å². The highest BCUT2D eigenvalue weighted by Gasteiger charge is 2.15. The number of methoxy groups -OCH3 is 1. The first-order chi connectivity index (χ1) is 8.74. The lowest BCUT2D eigenvalue weighted by Crippen LogP contribution is -2.09. The molecule has 5 nitrogen and oxygen atoms in total. The van der Waals surface area contributed by atoms with Crippen LogP contribution in [-0.2, 0) is 0 Å². The van der Waals surface area contributed by atoms with Crippen LogP contribution < -0.4 is 10.5 Å². The Bertz CT molecular complexity index is 510. The van der Waals surface area contributed by atoms with Gasteiger partial charge in [-0.25, -0.2) is 0 Å². The first kappa shape index (κ1) is 12.6. The SMILES string of the molecule is CCC[C@H](N)c1nc(-c2cccc(OC)c2)no1. The van der Waals surface area contributed by atoms with Gasteiger partial charge in [0.1, 0.15) is 5.75 Å². The van der Waals surface area contributed by atoms with E-state index >= 15 is 0 Å². The van der Waals surface area contributed by atoms with Crippen molar-refractivity contribution in [2.45, 2.75) is 25.8 Å². The third kappa shape index (κ3) is 2.68. The van der Waals surface area contributed by atoms with Gasteiger partial charge in [-0.05, 0) is 18.6 Å². The average molecular weight is 247 g/mol. The van der Waals surface area contributed by atoms with Crippen molar-refractivity contribution in [3.63, 3.8) is 0 Å². The van der Waals surface area contributed by atoms with Crippen molar-refractivity contribution < 1.29 is 9.26 Å². The summed E-state index contributed by atoms with van der Waals surface area (Å²) in [5, 5.41) is 3.94. The van der Waals surface area contributed by atoms with Gasteiger partial charge in [-0.1, -0.05) is 30.6 Å². The summed E-state index contributed by atoms with van der Waals surface area (Å²) in [4.78, 5) is 4.32. The van der Waals surface area contributed by atoms with Gasteiger partial charge in [0.05, 0.1) is 13.2 Å². The maximum Gasteiger partial charge on any atom is 0.243 e. The zero-order valence-electron chi connectivity index (χ0n) is 10.6. The molecule has 2 N–H and O–H groups in total. The molecule has 2 aromatic rings. The van der Waals surface area contributed by atoms with Gasteiger partial charge in [0.2, 0.25) is 11.7 Å². The first-order valence-corrected chi connectivity index (χ1v) is 5.98. The van der Waals surface area contributed by atoms with E-state index in [1.54, 1.807) is 7.11 Å². The monoisotopic (exact) mass is 247 g/mol. The fourth-order valence-electron chi connectivity index (χ4n) is 1.70. The van der Waals surface area contributed by atoms with E-state index in [4.69, 9.17) is 15.0 Å². The van der Waals surface area contributed by atoms with Crippen molar-refractivity contribution in [1.29, 1.82) is 0 Å². The van der Waals surface area contributed by atoms with Gasteiger partial charge in [-0.2, -0.15) is 4.98 Å². The minimum Gasteiger partial charge on any atom is -0.497 e. The average Bonchev–Trinajstić information content (AvgIpc) is 2.89.